The molecule has 0 fully saturated rings. The van der Waals surface area contributed by atoms with Gasteiger partial charge in [-0.15, -0.1) is 0 Å². The second kappa shape index (κ2) is 6.24. The Morgan fingerprint density at radius 2 is 1.78 bits per heavy atom. The molecule has 0 aromatic carbocycles. The molecule has 0 aliphatic heterocycles. The number of H-pyrrole nitrogens is 2. The molecule has 0 radical (unpaired) electrons. The molecule has 2 aromatic heterocycles. The van der Waals surface area contributed by atoms with Crippen LogP contribution in [0.1, 0.15) is 55.8 Å². The first-order valence-electron chi connectivity index (χ1n) is 7.40. The summed E-state index contributed by atoms with van der Waals surface area (Å²) in [4.78, 5) is 41.6. The van der Waals surface area contributed by atoms with Crippen LogP contribution in [0.3, 0.4) is 0 Å². The molecule has 0 bridgehead atoms. The minimum atomic E-state index is -0.336. The Hall–Kier alpha value is -2.63. The maximum absolute atomic E-state index is 12.4. The number of aromatic amines is 2. The van der Waals surface area contributed by atoms with E-state index in [1.165, 1.54) is 6.92 Å². The van der Waals surface area contributed by atoms with E-state index in [2.05, 4.69) is 15.3 Å². The number of Topliss-reactive ketones (excluding diaryl/α,β-unsaturated/α-hetero) is 1. The van der Waals surface area contributed by atoms with Gasteiger partial charge in [0.15, 0.2) is 5.78 Å². The van der Waals surface area contributed by atoms with Crippen LogP contribution in [-0.4, -0.2) is 21.7 Å². The summed E-state index contributed by atoms with van der Waals surface area (Å²) in [6.07, 6.45) is 0. The summed E-state index contributed by atoms with van der Waals surface area (Å²) in [5.74, 6) is -0.418. The normalized spacial score (nSPS) is 10.7. The number of aryl methyl sites for hydroxylation is 3. The van der Waals surface area contributed by atoms with Crippen LogP contribution in [0.4, 0.5) is 0 Å². The van der Waals surface area contributed by atoms with Crippen molar-refractivity contribution in [2.75, 3.05) is 0 Å². The van der Waals surface area contributed by atoms with Crippen LogP contribution in [0.2, 0.25) is 0 Å². The van der Waals surface area contributed by atoms with Crippen LogP contribution in [0.15, 0.2) is 10.9 Å². The van der Waals surface area contributed by atoms with Gasteiger partial charge in [-0.1, -0.05) is 0 Å². The zero-order chi connectivity index (χ0) is 17.3. The smallest absolute Gasteiger partial charge is 0.268 e. The summed E-state index contributed by atoms with van der Waals surface area (Å²) in [7, 11) is 0. The van der Waals surface area contributed by atoms with E-state index >= 15 is 0 Å². The molecule has 23 heavy (non-hydrogen) atoms. The van der Waals surface area contributed by atoms with Gasteiger partial charge in [-0.05, 0) is 51.8 Å². The average Bonchev–Trinajstić information content (AvgIpc) is 2.72. The minimum absolute atomic E-state index is 0.0823. The van der Waals surface area contributed by atoms with Crippen LogP contribution in [0, 0.1) is 27.7 Å². The lowest BCUT2D eigenvalue weighted by molar-refractivity contribution is 0.0945. The number of hydrogen-bond acceptors (Lipinski definition) is 3. The van der Waals surface area contributed by atoms with Gasteiger partial charge in [-0.25, -0.2) is 0 Å². The summed E-state index contributed by atoms with van der Waals surface area (Å²) in [5, 5.41) is 2.74. The molecule has 2 heterocycles. The van der Waals surface area contributed by atoms with E-state index in [-0.39, 0.29) is 23.8 Å². The third-order valence-corrected chi connectivity index (χ3v) is 3.94. The summed E-state index contributed by atoms with van der Waals surface area (Å²) < 4.78 is 0. The molecule has 0 spiro atoms. The fourth-order valence-corrected chi connectivity index (χ4v) is 2.86. The third kappa shape index (κ3) is 3.26. The van der Waals surface area contributed by atoms with Crippen molar-refractivity contribution in [1.29, 1.82) is 0 Å². The lowest BCUT2D eigenvalue weighted by atomic mass is 10.1. The highest BCUT2D eigenvalue weighted by atomic mass is 16.2. The monoisotopic (exact) mass is 315 g/mol. The zero-order valence-corrected chi connectivity index (χ0v) is 14.0. The number of rotatable bonds is 4. The Labute approximate surface area is 134 Å². The third-order valence-electron chi connectivity index (χ3n) is 3.94. The van der Waals surface area contributed by atoms with Gasteiger partial charge in [0, 0.05) is 29.1 Å². The molecule has 0 saturated carbocycles. The van der Waals surface area contributed by atoms with Crippen LogP contribution in [0.5, 0.6) is 0 Å². The molecule has 2 aromatic rings. The van der Waals surface area contributed by atoms with Crippen molar-refractivity contribution >= 4 is 11.7 Å². The number of aromatic nitrogens is 2. The molecule has 3 N–H and O–H groups in total. The second-order valence-corrected chi connectivity index (χ2v) is 5.81. The van der Waals surface area contributed by atoms with Crippen LogP contribution < -0.4 is 10.9 Å². The highest BCUT2D eigenvalue weighted by molar-refractivity contribution is 6.02. The van der Waals surface area contributed by atoms with Gasteiger partial charge in [-0.2, -0.15) is 0 Å². The van der Waals surface area contributed by atoms with Gasteiger partial charge in [0.2, 0.25) is 0 Å². The Morgan fingerprint density at radius 1 is 1.13 bits per heavy atom. The second-order valence-electron chi connectivity index (χ2n) is 5.81. The molecular weight excluding hydrogens is 294 g/mol. The first-order chi connectivity index (χ1) is 10.7. The van der Waals surface area contributed by atoms with Gasteiger partial charge in [-0.3, -0.25) is 14.4 Å². The van der Waals surface area contributed by atoms with Gasteiger partial charge < -0.3 is 15.3 Å². The molecule has 0 aliphatic carbocycles. The number of nitrogens with one attached hydrogen (secondary N) is 3. The maximum atomic E-state index is 12.4. The number of carbonyl (C=O) groups is 2. The van der Waals surface area contributed by atoms with Crippen molar-refractivity contribution in [3.8, 4) is 0 Å². The maximum Gasteiger partial charge on any atom is 0.268 e. The van der Waals surface area contributed by atoms with E-state index in [1.807, 2.05) is 19.9 Å². The summed E-state index contributed by atoms with van der Waals surface area (Å²) in [6, 6.07) is 1.86. The van der Waals surface area contributed by atoms with Crippen LogP contribution in [0.25, 0.3) is 0 Å². The Bertz CT molecular complexity index is 843. The summed E-state index contributed by atoms with van der Waals surface area (Å²) in [5.41, 5.74) is 4.13. The van der Waals surface area contributed by atoms with E-state index < -0.39 is 0 Å². The lowest BCUT2D eigenvalue weighted by Crippen LogP contribution is -2.28. The quantitative estimate of drug-likeness (QED) is 0.754. The van der Waals surface area contributed by atoms with Gasteiger partial charge in [0.05, 0.1) is 0 Å². The highest BCUT2D eigenvalue weighted by Gasteiger charge is 2.20. The first-order valence-corrected chi connectivity index (χ1v) is 7.40. The number of ketones is 1. The van der Waals surface area contributed by atoms with Gasteiger partial charge in [0.25, 0.3) is 11.5 Å². The fraction of sp³-hybridized carbons (Fsp3) is 0.353. The van der Waals surface area contributed by atoms with Crippen molar-refractivity contribution < 1.29 is 9.59 Å². The largest absolute Gasteiger partial charge is 0.354 e. The average molecular weight is 315 g/mol. The predicted octanol–water partition coefficient (Wildman–Crippen LogP) is 2.07. The minimum Gasteiger partial charge on any atom is -0.354 e. The van der Waals surface area contributed by atoms with Crippen molar-refractivity contribution in [1.82, 2.24) is 15.3 Å². The highest BCUT2D eigenvalue weighted by Crippen LogP contribution is 2.18. The Kier molecular flexibility index (Phi) is 4.54. The molecule has 1 amide bonds. The van der Waals surface area contributed by atoms with Crippen molar-refractivity contribution in [3.05, 3.63) is 55.8 Å². The molecular formula is C17H21N3O3. The van der Waals surface area contributed by atoms with Crippen molar-refractivity contribution in [3.63, 3.8) is 0 Å². The van der Waals surface area contributed by atoms with E-state index in [0.29, 0.717) is 28.1 Å². The topological polar surface area (TPSA) is 94.8 Å². The van der Waals surface area contributed by atoms with Gasteiger partial charge >= 0.3 is 0 Å². The summed E-state index contributed by atoms with van der Waals surface area (Å²) >= 11 is 0. The number of pyridine rings is 1. The Balaban J connectivity index is 2.23. The first kappa shape index (κ1) is 16.7. The predicted molar refractivity (Wildman–Crippen MR) is 88.0 cm³/mol. The standard InChI is InChI=1S/C17H21N3O3/c1-8-6-9(2)19-16(22)13(8)7-18-17(23)15-10(3)14(12(5)21)11(4)20-15/h6,20H,7H2,1-5H3,(H,18,23)(H,19,22). The summed E-state index contributed by atoms with van der Waals surface area (Å²) in [6.45, 7) is 8.74. The van der Waals surface area contributed by atoms with Crippen LogP contribution >= 0.6 is 0 Å². The van der Waals surface area contributed by atoms with Gasteiger partial charge in [0.1, 0.15) is 5.69 Å². The SMILES string of the molecule is CC(=O)c1c(C)[nH]c(C(=O)NCc2c(C)cc(C)[nH]c2=O)c1C. The molecule has 0 unspecified atom stereocenters. The molecule has 0 saturated heterocycles. The number of amides is 1. The molecule has 6 heteroatoms. The molecule has 6 nitrogen and oxygen atoms in total. The molecule has 0 aliphatic rings. The van der Waals surface area contributed by atoms with Crippen molar-refractivity contribution in [2.45, 2.75) is 41.2 Å². The molecule has 122 valence electrons. The molecule has 2 rings (SSSR count). The molecule has 0 atom stereocenters. The zero-order valence-electron chi connectivity index (χ0n) is 14.0. The lowest BCUT2D eigenvalue weighted by Gasteiger charge is -2.08. The van der Waals surface area contributed by atoms with E-state index in [0.717, 1.165) is 11.3 Å². The fourth-order valence-electron chi connectivity index (χ4n) is 2.86. The number of carbonyl (C=O) groups excluding carboxylic acids is 2. The van der Waals surface area contributed by atoms with E-state index in [1.54, 1.807) is 13.8 Å². The Morgan fingerprint density at radius 3 is 2.30 bits per heavy atom. The van der Waals surface area contributed by atoms with Crippen LogP contribution in [-0.2, 0) is 6.54 Å². The number of hydrogen-bond donors (Lipinski definition) is 3. The van der Waals surface area contributed by atoms with Crippen molar-refractivity contribution in [2.24, 2.45) is 0 Å². The van der Waals surface area contributed by atoms with E-state index in [4.69, 9.17) is 0 Å². The van der Waals surface area contributed by atoms with E-state index in [9.17, 15) is 14.4 Å².